The first-order chi connectivity index (χ1) is 10.4. The Hall–Kier alpha value is -1.31. The molecule has 1 N–H and O–H groups in total. The molecule has 22 heavy (non-hydrogen) atoms. The Morgan fingerprint density at radius 3 is 2.86 bits per heavy atom. The molecule has 0 unspecified atom stereocenters. The lowest BCUT2D eigenvalue weighted by molar-refractivity contribution is -0.140. The molecule has 1 aromatic rings. The molecular formula is C14H18F3N3OS. The van der Waals surface area contributed by atoms with Crippen molar-refractivity contribution in [3.05, 3.63) is 16.1 Å². The van der Waals surface area contributed by atoms with Crippen LogP contribution in [0.25, 0.3) is 0 Å². The summed E-state index contributed by atoms with van der Waals surface area (Å²) in [7, 11) is 0. The highest BCUT2D eigenvalue weighted by Gasteiger charge is 2.37. The van der Waals surface area contributed by atoms with Gasteiger partial charge in [-0.15, -0.1) is 11.3 Å². The molecule has 0 bridgehead atoms. The molecule has 2 fully saturated rings. The summed E-state index contributed by atoms with van der Waals surface area (Å²) in [5, 5.41) is 3.97. The Kier molecular flexibility index (Phi) is 4.29. The van der Waals surface area contributed by atoms with Gasteiger partial charge < -0.3 is 10.2 Å². The van der Waals surface area contributed by atoms with Crippen LogP contribution in [-0.4, -0.2) is 28.5 Å². The van der Waals surface area contributed by atoms with Gasteiger partial charge in [0.05, 0.1) is 6.54 Å². The highest BCUT2D eigenvalue weighted by atomic mass is 32.1. The van der Waals surface area contributed by atoms with E-state index in [1.165, 1.54) is 12.8 Å². The molecule has 1 saturated heterocycles. The van der Waals surface area contributed by atoms with Crippen molar-refractivity contribution in [3.8, 4) is 0 Å². The third kappa shape index (κ3) is 3.21. The minimum absolute atomic E-state index is 0.0491. The number of likely N-dealkylation sites (tertiary alicyclic amines) is 1. The molecule has 3 rings (SSSR count). The Balaban J connectivity index is 1.57. The molecule has 0 spiro atoms. The number of halogens is 3. The molecule has 2 heterocycles. The molecule has 4 nitrogen and oxygen atoms in total. The van der Waals surface area contributed by atoms with Gasteiger partial charge in [0.2, 0.25) is 0 Å². The number of carbonyl (C=O) groups is 1. The first-order valence-electron chi connectivity index (χ1n) is 7.51. The van der Waals surface area contributed by atoms with Crippen LogP contribution in [0.5, 0.6) is 0 Å². The minimum Gasteiger partial charge on any atom is -0.331 e. The van der Waals surface area contributed by atoms with Crippen LogP contribution in [0.15, 0.2) is 5.38 Å². The zero-order valence-corrected chi connectivity index (χ0v) is 12.8. The van der Waals surface area contributed by atoms with Gasteiger partial charge in [-0.25, -0.2) is 9.78 Å². The number of urea groups is 1. The lowest BCUT2D eigenvalue weighted by Gasteiger charge is -2.37. The van der Waals surface area contributed by atoms with Crippen LogP contribution < -0.4 is 5.32 Å². The van der Waals surface area contributed by atoms with E-state index in [9.17, 15) is 18.0 Å². The molecule has 1 aromatic heterocycles. The molecular weight excluding hydrogens is 315 g/mol. The van der Waals surface area contributed by atoms with Crippen molar-refractivity contribution in [3.63, 3.8) is 0 Å². The van der Waals surface area contributed by atoms with Crippen molar-refractivity contribution in [2.24, 2.45) is 5.92 Å². The largest absolute Gasteiger partial charge is 0.434 e. The zero-order valence-electron chi connectivity index (χ0n) is 12.0. The number of nitrogens with one attached hydrogen (secondary N) is 1. The molecule has 0 radical (unpaired) electrons. The molecule has 1 aliphatic carbocycles. The average molecular weight is 333 g/mol. The lowest BCUT2D eigenvalue weighted by Crippen LogP contribution is -2.50. The second-order valence-corrected chi connectivity index (χ2v) is 6.82. The quantitative estimate of drug-likeness (QED) is 0.898. The third-order valence-electron chi connectivity index (χ3n) is 4.49. The number of carbonyl (C=O) groups excluding carboxylic acids is 1. The summed E-state index contributed by atoms with van der Waals surface area (Å²) in [5.74, 6) is 0.594. The standard InChI is InChI=1S/C14H18F3N3OS/c15-14(16,17)11-8-22-12(19-11)7-18-13(21)20-6-2-4-9-3-1-5-10(9)20/h8-10H,1-7H2,(H,18,21)/t9-,10-/m1/s1. The Bertz CT molecular complexity index is 546. The van der Waals surface area contributed by atoms with E-state index < -0.39 is 11.9 Å². The molecule has 2 amide bonds. The maximum absolute atomic E-state index is 12.5. The van der Waals surface area contributed by atoms with Crippen LogP contribution in [0, 0.1) is 5.92 Å². The Morgan fingerprint density at radius 1 is 1.36 bits per heavy atom. The van der Waals surface area contributed by atoms with E-state index in [0.717, 1.165) is 42.5 Å². The predicted octanol–water partition coefficient (Wildman–Crippen LogP) is 3.64. The average Bonchev–Trinajstić information content (AvgIpc) is 3.12. The third-order valence-corrected chi connectivity index (χ3v) is 5.34. The number of nitrogens with zero attached hydrogens (tertiary/aromatic N) is 2. The highest BCUT2D eigenvalue weighted by Crippen LogP contribution is 2.36. The maximum Gasteiger partial charge on any atom is 0.434 e. The van der Waals surface area contributed by atoms with Gasteiger partial charge in [-0.05, 0) is 31.6 Å². The van der Waals surface area contributed by atoms with Gasteiger partial charge in [-0.2, -0.15) is 13.2 Å². The number of rotatable bonds is 2. The van der Waals surface area contributed by atoms with Gasteiger partial charge in [-0.1, -0.05) is 6.42 Å². The number of hydrogen-bond donors (Lipinski definition) is 1. The molecule has 0 aromatic carbocycles. The summed E-state index contributed by atoms with van der Waals surface area (Å²) in [4.78, 5) is 17.7. The number of fused-ring (bicyclic) bond motifs is 1. The van der Waals surface area contributed by atoms with Crippen LogP contribution in [0.1, 0.15) is 42.8 Å². The van der Waals surface area contributed by atoms with E-state index in [2.05, 4.69) is 10.3 Å². The summed E-state index contributed by atoms with van der Waals surface area (Å²) < 4.78 is 37.5. The smallest absolute Gasteiger partial charge is 0.331 e. The van der Waals surface area contributed by atoms with Gasteiger partial charge in [0.15, 0.2) is 5.69 Å². The van der Waals surface area contributed by atoms with Crippen LogP contribution in [0.2, 0.25) is 0 Å². The summed E-state index contributed by atoms with van der Waals surface area (Å²) in [6.07, 6.45) is 1.12. The van der Waals surface area contributed by atoms with E-state index >= 15 is 0 Å². The van der Waals surface area contributed by atoms with Crippen molar-refractivity contribution in [1.82, 2.24) is 15.2 Å². The monoisotopic (exact) mass is 333 g/mol. The topological polar surface area (TPSA) is 45.2 Å². The fourth-order valence-electron chi connectivity index (χ4n) is 3.48. The number of thiazole rings is 1. The highest BCUT2D eigenvalue weighted by molar-refractivity contribution is 7.09. The number of amides is 2. The summed E-state index contributed by atoms with van der Waals surface area (Å²) in [6, 6.07) is 0.121. The van der Waals surface area contributed by atoms with Gasteiger partial charge in [-0.3, -0.25) is 0 Å². The van der Waals surface area contributed by atoms with Gasteiger partial charge in [0, 0.05) is 18.0 Å². The van der Waals surface area contributed by atoms with E-state index in [4.69, 9.17) is 0 Å². The zero-order chi connectivity index (χ0) is 15.7. The molecule has 2 aliphatic rings. The van der Waals surface area contributed by atoms with Crippen LogP contribution >= 0.6 is 11.3 Å². The van der Waals surface area contributed by atoms with Gasteiger partial charge >= 0.3 is 12.2 Å². The molecule has 2 atom stereocenters. The second-order valence-electron chi connectivity index (χ2n) is 5.88. The van der Waals surface area contributed by atoms with E-state index in [0.29, 0.717) is 12.0 Å². The molecule has 1 aliphatic heterocycles. The van der Waals surface area contributed by atoms with E-state index in [1.54, 1.807) is 0 Å². The van der Waals surface area contributed by atoms with Crippen LogP contribution in [0.4, 0.5) is 18.0 Å². The van der Waals surface area contributed by atoms with Crippen molar-refractivity contribution in [2.45, 2.75) is 50.9 Å². The first-order valence-corrected chi connectivity index (χ1v) is 8.39. The van der Waals surface area contributed by atoms with Crippen LogP contribution in [-0.2, 0) is 12.7 Å². The number of piperidine rings is 1. The first kappa shape index (κ1) is 15.6. The van der Waals surface area contributed by atoms with Crippen molar-refractivity contribution in [1.29, 1.82) is 0 Å². The minimum atomic E-state index is -4.43. The molecule has 122 valence electrons. The molecule has 8 heteroatoms. The van der Waals surface area contributed by atoms with E-state index in [1.807, 2.05) is 4.90 Å². The molecule has 1 saturated carbocycles. The Morgan fingerprint density at radius 2 is 2.14 bits per heavy atom. The van der Waals surface area contributed by atoms with Crippen molar-refractivity contribution >= 4 is 17.4 Å². The van der Waals surface area contributed by atoms with Crippen molar-refractivity contribution < 1.29 is 18.0 Å². The van der Waals surface area contributed by atoms with Crippen molar-refractivity contribution in [2.75, 3.05) is 6.54 Å². The maximum atomic E-state index is 12.5. The lowest BCUT2D eigenvalue weighted by atomic mass is 9.92. The van der Waals surface area contributed by atoms with Crippen LogP contribution in [0.3, 0.4) is 0 Å². The summed E-state index contributed by atoms with van der Waals surface area (Å²) >= 11 is 0.920. The van der Waals surface area contributed by atoms with Gasteiger partial charge in [0.25, 0.3) is 0 Å². The predicted molar refractivity (Wildman–Crippen MR) is 76.4 cm³/mol. The SMILES string of the molecule is O=C(NCc1nc(C(F)(F)F)cs1)N1CCC[C@H]2CCC[C@H]21. The van der Waals surface area contributed by atoms with Gasteiger partial charge in [0.1, 0.15) is 5.01 Å². The fraction of sp³-hybridized carbons (Fsp3) is 0.714. The van der Waals surface area contributed by atoms with E-state index in [-0.39, 0.29) is 17.6 Å². The number of alkyl halides is 3. The fourth-order valence-corrected chi connectivity index (χ4v) is 4.22. The summed E-state index contributed by atoms with van der Waals surface area (Å²) in [6.45, 7) is 0.784. The normalized spacial score (nSPS) is 25.1. The Labute approximate surface area is 130 Å². The second kappa shape index (κ2) is 6.06. The number of hydrogen-bond acceptors (Lipinski definition) is 3. The summed E-state index contributed by atoms with van der Waals surface area (Å²) in [5.41, 5.74) is -0.893. The number of aromatic nitrogens is 1.